The maximum absolute atomic E-state index is 13.6. The highest BCUT2D eigenvalue weighted by molar-refractivity contribution is 5.91. The van der Waals surface area contributed by atoms with Gasteiger partial charge in [0.25, 0.3) is 0 Å². The van der Waals surface area contributed by atoms with Crippen LogP contribution in [0, 0.1) is 5.82 Å². The summed E-state index contributed by atoms with van der Waals surface area (Å²) in [7, 11) is 0. The zero-order valence-electron chi connectivity index (χ0n) is 14.8. The third-order valence-electron chi connectivity index (χ3n) is 4.72. The van der Waals surface area contributed by atoms with Crippen molar-refractivity contribution < 1.29 is 4.39 Å². The molecule has 0 fully saturated rings. The van der Waals surface area contributed by atoms with Gasteiger partial charge in [0.15, 0.2) is 11.5 Å². The van der Waals surface area contributed by atoms with E-state index < -0.39 is 0 Å². The maximum Gasteiger partial charge on any atom is 0.351 e. The van der Waals surface area contributed by atoms with Crippen molar-refractivity contribution in [3.8, 4) is 11.4 Å². The van der Waals surface area contributed by atoms with E-state index in [0.717, 1.165) is 16.5 Å². The molecule has 5 rings (SSSR count). The number of para-hydroxylation sites is 1. The third kappa shape index (κ3) is 2.66. The molecule has 2 aromatic heterocycles. The molecule has 0 atom stereocenters. The molecule has 0 saturated heterocycles. The van der Waals surface area contributed by atoms with Gasteiger partial charge >= 0.3 is 5.69 Å². The molecule has 3 aromatic carbocycles. The Labute approximate surface area is 159 Å². The minimum absolute atomic E-state index is 0.244. The van der Waals surface area contributed by atoms with E-state index in [2.05, 4.69) is 10.1 Å². The van der Waals surface area contributed by atoms with Crippen LogP contribution in [0.1, 0.15) is 5.56 Å². The van der Waals surface area contributed by atoms with Gasteiger partial charge in [-0.3, -0.25) is 4.57 Å². The Morgan fingerprint density at radius 1 is 0.893 bits per heavy atom. The summed E-state index contributed by atoms with van der Waals surface area (Å²) in [6.07, 6.45) is 0. The van der Waals surface area contributed by atoms with Gasteiger partial charge in [-0.15, -0.1) is 5.10 Å². The quantitative estimate of drug-likeness (QED) is 0.484. The number of halogens is 1. The summed E-state index contributed by atoms with van der Waals surface area (Å²) in [5.41, 5.74) is 2.47. The van der Waals surface area contributed by atoms with Gasteiger partial charge < -0.3 is 0 Å². The Morgan fingerprint density at radius 2 is 1.68 bits per heavy atom. The molecule has 6 heteroatoms. The van der Waals surface area contributed by atoms with Gasteiger partial charge in [-0.05, 0) is 29.8 Å². The average molecular weight is 370 g/mol. The lowest BCUT2D eigenvalue weighted by atomic mass is 10.2. The highest BCUT2D eigenvalue weighted by atomic mass is 19.1. The Kier molecular flexibility index (Phi) is 3.76. The number of hydrogen-bond donors (Lipinski definition) is 0. The first-order valence-electron chi connectivity index (χ1n) is 8.89. The summed E-state index contributed by atoms with van der Waals surface area (Å²) >= 11 is 0. The summed E-state index contributed by atoms with van der Waals surface area (Å²) < 4.78 is 16.5. The predicted octanol–water partition coefficient (Wildman–Crippen LogP) is 3.90. The van der Waals surface area contributed by atoms with E-state index in [1.165, 1.54) is 16.6 Å². The van der Waals surface area contributed by atoms with Crippen molar-refractivity contribution in [2.24, 2.45) is 0 Å². The normalized spacial score (nSPS) is 11.3. The SMILES string of the molecule is O=c1n(Cc2cccc(F)c2)c2ccccc2c2nc(-c3ccccc3)nn12. The fourth-order valence-corrected chi connectivity index (χ4v) is 3.42. The molecule has 0 unspecified atom stereocenters. The Morgan fingerprint density at radius 3 is 2.50 bits per heavy atom. The first-order chi connectivity index (χ1) is 13.7. The molecule has 28 heavy (non-hydrogen) atoms. The second-order valence-corrected chi connectivity index (χ2v) is 6.55. The summed E-state index contributed by atoms with van der Waals surface area (Å²) in [6, 6.07) is 23.3. The van der Waals surface area contributed by atoms with Crippen LogP contribution in [-0.4, -0.2) is 19.2 Å². The van der Waals surface area contributed by atoms with Gasteiger partial charge in [-0.1, -0.05) is 54.6 Å². The van der Waals surface area contributed by atoms with E-state index in [-0.39, 0.29) is 18.1 Å². The minimum Gasteiger partial charge on any atom is -0.287 e. The van der Waals surface area contributed by atoms with Crippen LogP contribution in [-0.2, 0) is 6.54 Å². The van der Waals surface area contributed by atoms with E-state index in [9.17, 15) is 9.18 Å². The van der Waals surface area contributed by atoms with E-state index in [1.807, 2.05) is 54.6 Å². The zero-order chi connectivity index (χ0) is 19.1. The number of nitrogens with zero attached hydrogens (tertiary/aromatic N) is 4. The van der Waals surface area contributed by atoms with E-state index in [0.29, 0.717) is 17.0 Å². The second-order valence-electron chi connectivity index (χ2n) is 6.55. The summed E-state index contributed by atoms with van der Waals surface area (Å²) in [5, 5.41) is 5.26. The molecule has 5 aromatic rings. The molecule has 0 aliphatic rings. The van der Waals surface area contributed by atoms with Crippen molar-refractivity contribution in [3.63, 3.8) is 0 Å². The van der Waals surface area contributed by atoms with Gasteiger partial charge in [-0.25, -0.2) is 14.2 Å². The number of fused-ring (bicyclic) bond motifs is 3. The van der Waals surface area contributed by atoms with E-state index in [1.54, 1.807) is 16.7 Å². The van der Waals surface area contributed by atoms with Crippen LogP contribution in [0.25, 0.3) is 27.9 Å². The predicted molar refractivity (Wildman–Crippen MR) is 106 cm³/mol. The molecule has 0 amide bonds. The van der Waals surface area contributed by atoms with Crippen LogP contribution >= 0.6 is 0 Å². The number of benzene rings is 3. The highest BCUT2D eigenvalue weighted by Gasteiger charge is 2.16. The molecule has 0 N–H and O–H groups in total. The number of rotatable bonds is 3. The number of hydrogen-bond acceptors (Lipinski definition) is 3. The maximum atomic E-state index is 13.6. The Balaban J connectivity index is 1.78. The standard InChI is InChI=1S/C22H15FN4O/c23-17-10-6-7-15(13-17)14-26-19-12-5-4-11-18(19)21-24-20(25-27(21)22(26)28)16-8-2-1-3-9-16/h1-13H,14H2. The molecule has 5 nitrogen and oxygen atoms in total. The summed E-state index contributed by atoms with van der Waals surface area (Å²) in [4.78, 5) is 17.8. The largest absolute Gasteiger partial charge is 0.351 e. The molecule has 0 spiro atoms. The van der Waals surface area contributed by atoms with Crippen molar-refractivity contribution in [3.05, 3.63) is 101 Å². The van der Waals surface area contributed by atoms with Crippen LogP contribution in [0.4, 0.5) is 4.39 Å². The molecule has 0 aliphatic heterocycles. The molecule has 136 valence electrons. The average Bonchev–Trinajstić information content (AvgIpc) is 3.18. The molecular weight excluding hydrogens is 355 g/mol. The topological polar surface area (TPSA) is 52.2 Å². The Hall–Kier alpha value is -3.80. The molecule has 0 saturated carbocycles. The summed E-state index contributed by atoms with van der Waals surface area (Å²) in [6.45, 7) is 0.244. The number of aromatic nitrogens is 4. The van der Waals surface area contributed by atoms with Crippen molar-refractivity contribution in [1.29, 1.82) is 0 Å². The monoisotopic (exact) mass is 370 g/mol. The van der Waals surface area contributed by atoms with Gasteiger partial charge in [0.1, 0.15) is 5.82 Å². The fourth-order valence-electron chi connectivity index (χ4n) is 3.42. The van der Waals surface area contributed by atoms with Crippen LogP contribution in [0.15, 0.2) is 83.7 Å². The van der Waals surface area contributed by atoms with Crippen molar-refractivity contribution in [2.45, 2.75) is 6.54 Å². The van der Waals surface area contributed by atoms with Crippen LogP contribution in [0.2, 0.25) is 0 Å². The first kappa shape index (κ1) is 16.4. The smallest absolute Gasteiger partial charge is 0.287 e. The molecule has 0 aliphatic carbocycles. The lowest BCUT2D eigenvalue weighted by Crippen LogP contribution is -2.28. The van der Waals surface area contributed by atoms with Gasteiger partial charge in [-0.2, -0.15) is 4.52 Å². The van der Waals surface area contributed by atoms with Crippen LogP contribution in [0.5, 0.6) is 0 Å². The van der Waals surface area contributed by atoms with E-state index in [4.69, 9.17) is 0 Å². The van der Waals surface area contributed by atoms with Gasteiger partial charge in [0.2, 0.25) is 0 Å². The molecule has 2 heterocycles. The highest BCUT2D eigenvalue weighted by Crippen LogP contribution is 2.21. The van der Waals surface area contributed by atoms with Gasteiger partial charge in [0, 0.05) is 10.9 Å². The second kappa shape index (κ2) is 6.42. The fraction of sp³-hybridized carbons (Fsp3) is 0.0455. The molecule has 0 bridgehead atoms. The molecular formula is C22H15FN4O. The third-order valence-corrected chi connectivity index (χ3v) is 4.72. The van der Waals surface area contributed by atoms with Crippen molar-refractivity contribution in [2.75, 3.05) is 0 Å². The minimum atomic E-state index is -0.331. The van der Waals surface area contributed by atoms with Crippen molar-refractivity contribution >= 4 is 16.6 Å². The van der Waals surface area contributed by atoms with Crippen LogP contribution in [0.3, 0.4) is 0 Å². The Bertz CT molecular complexity index is 1370. The van der Waals surface area contributed by atoms with Crippen LogP contribution < -0.4 is 5.69 Å². The summed E-state index contributed by atoms with van der Waals surface area (Å²) in [5.74, 6) is 0.161. The first-order valence-corrected chi connectivity index (χ1v) is 8.89. The van der Waals surface area contributed by atoms with Crippen molar-refractivity contribution in [1.82, 2.24) is 19.2 Å². The lowest BCUT2D eigenvalue weighted by molar-refractivity contribution is 0.622. The zero-order valence-corrected chi connectivity index (χ0v) is 14.8. The van der Waals surface area contributed by atoms with E-state index >= 15 is 0 Å². The lowest BCUT2D eigenvalue weighted by Gasteiger charge is -2.11. The van der Waals surface area contributed by atoms with Gasteiger partial charge in [0.05, 0.1) is 12.1 Å². The molecule has 0 radical (unpaired) electrons.